The topological polar surface area (TPSA) is 51.9 Å². The van der Waals surface area contributed by atoms with Crippen LogP contribution in [0, 0.1) is 6.92 Å². The maximum atomic E-state index is 12.4. The summed E-state index contributed by atoms with van der Waals surface area (Å²) in [6.07, 6.45) is 7.65. The molecule has 2 aromatic heterocycles. The third kappa shape index (κ3) is 3.40. The van der Waals surface area contributed by atoms with Gasteiger partial charge in [0, 0.05) is 24.3 Å². The molecule has 1 N–H and O–H groups in total. The maximum absolute atomic E-state index is 12.4. The molecule has 0 saturated carbocycles. The number of aromatic nitrogens is 3. The molecular formula is C19H22N4O. The van der Waals surface area contributed by atoms with Crippen LogP contribution >= 0.6 is 0 Å². The number of hydrogen-bond donors (Lipinski definition) is 1. The van der Waals surface area contributed by atoms with Crippen molar-refractivity contribution < 1.29 is 4.79 Å². The van der Waals surface area contributed by atoms with E-state index in [1.807, 2.05) is 63.6 Å². The average Bonchev–Trinajstić information content (AvgIpc) is 3.25. The minimum absolute atomic E-state index is 0.0416. The third-order valence-electron chi connectivity index (χ3n) is 4.16. The lowest BCUT2D eigenvalue weighted by atomic mass is 10.1. The zero-order chi connectivity index (χ0) is 17.1. The molecule has 0 radical (unpaired) electrons. The molecule has 0 bridgehead atoms. The molecule has 0 aliphatic heterocycles. The molecule has 3 rings (SSSR count). The molecule has 1 amide bonds. The van der Waals surface area contributed by atoms with Crippen LogP contribution in [0.2, 0.25) is 0 Å². The second-order valence-electron chi connectivity index (χ2n) is 6.09. The van der Waals surface area contributed by atoms with E-state index in [9.17, 15) is 4.79 Å². The van der Waals surface area contributed by atoms with Gasteiger partial charge < -0.3 is 9.88 Å². The van der Waals surface area contributed by atoms with Crippen LogP contribution in [-0.4, -0.2) is 20.3 Å². The first-order chi connectivity index (χ1) is 11.5. The minimum Gasteiger partial charge on any atom is -0.348 e. The van der Waals surface area contributed by atoms with Gasteiger partial charge in [0.2, 0.25) is 5.91 Å². The van der Waals surface area contributed by atoms with Gasteiger partial charge in [-0.05, 0) is 56.2 Å². The van der Waals surface area contributed by atoms with Crippen molar-refractivity contribution in [2.75, 3.05) is 0 Å². The molecule has 124 valence electrons. The number of nitrogens with one attached hydrogen (secondary N) is 1. The molecular weight excluding hydrogens is 300 g/mol. The highest BCUT2D eigenvalue weighted by Gasteiger charge is 2.18. The third-order valence-corrected chi connectivity index (χ3v) is 4.16. The molecule has 24 heavy (non-hydrogen) atoms. The summed E-state index contributed by atoms with van der Waals surface area (Å²) < 4.78 is 3.74. The van der Waals surface area contributed by atoms with Gasteiger partial charge in [0.15, 0.2) is 0 Å². The second-order valence-corrected chi connectivity index (χ2v) is 6.09. The summed E-state index contributed by atoms with van der Waals surface area (Å²) in [5, 5.41) is 7.26. The lowest BCUT2D eigenvalue weighted by molar-refractivity contribution is -0.124. The van der Waals surface area contributed by atoms with E-state index in [0.717, 1.165) is 16.8 Å². The summed E-state index contributed by atoms with van der Waals surface area (Å²) in [4.78, 5) is 12.4. The van der Waals surface area contributed by atoms with Crippen molar-refractivity contribution in [2.24, 2.45) is 0 Å². The van der Waals surface area contributed by atoms with Gasteiger partial charge in [0.05, 0.1) is 12.2 Å². The summed E-state index contributed by atoms with van der Waals surface area (Å²) >= 11 is 0. The quantitative estimate of drug-likeness (QED) is 0.782. The van der Waals surface area contributed by atoms with Crippen molar-refractivity contribution in [1.29, 1.82) is 0 Å². The Morgan fingerprint density at radius 2 is 1.79 bits per heavy atom. The van der Waals surface area contributed by atoms with E-state index in [1.54, 1.807) is 10.9 Å². The Morgan fingerprint density at radius 3 is 2.38 bits per heavy atom. The molecule has 0 aliphatic carbocycles. The Balaban J connectivity index is 1.66. The minimum atomic E-state index is -0.333. The van der Waals surface area contributed by atoms with Gasteiger partial charge >= 0.3 is 0 Å². The van der Waals surface area contributed by atoms with Crippen LogP contribution < -0.4 is 5.32 Å². The summed E-state index contributed by atoms with van der Waals surface area (Å²) in [6, 6.07) is 11.8. The first-order valence-corrected chi connectivity index (χ1v) is 8.09. The molecule has 0 spiro atoms. The highest BCUT2D eigenvalue weighted by molar-refractivity contribution is 5.80. The molecule has 0 fully saturated rings. The Labute approximate surface area is 141 Å². The molecule has 0 aliphatic rings. The van der Waals surface area contributed by atoms with E-state index in [1.165, 1.54) is 0 Å². The predicted molar refractivity (Wildman–Crippen MR) is 94.0 cm³/mol. The maximum Gasteiger partial charge on any atom is 0.245 e. The highest BCUT2D eigenvalue weighted by Crippen LogP contribution is 2.17. The number of carbonyl (C=O) groups excluding carboxylic acids is 1. The number of hydrogen-bond acceptors (Lipinski definition) is 2. The van der Waals surface area contributed by atoms with Crippen LogP contribution in [0.5, 0.6) is 0 Å². The van der Waals surface area contributed by atoms with Gasteiger partial charge in [0.1, 0.15) is 6.04 Å². The van der Waals surface area contributed by atoms with Crippen molar-refractivity contribution in [2.45, 2.75) is 32.9 Å². The molecule has 5 heteroatoms. The van der Waals surface area contributed by atoms with Crippen LogP contribution in [-0.2, 0) is 4.79 Å². The lowest BCUT2D eigenvalue weighted by Gasteiger charge is -2.18. The van der Waals surface area contributed by atoms with Crippen LogP contribution in [0.15, 0.2) is 61.2 Å². The van der Waals surface area contributed by atoms with Crippen LogP contribution in [0.4, 0.5) is 0 Å². The normalized spacial score (nSPS) is 13.5. The standard InChI is InChI=1S/C19H22N4O/c1-14-12-20-23(13-14)16(3)19(24)21-15(2)17-6-8-18(9-7-17)22-10-4-5-11-22/h4-13,15-16H,1-3H3,(H,21,24). The van der Waals surface area contributed by atoms with Crippen molar-refractivity contribution in [3.8, 4) is 5.69 Å². The number of benzene rings is 1. The van der Waals surface area contributed by atoms with Gasteiger partial charge in [-0.15, -0.1) is 0 Å². The van der Waals surface area contributed by atoms with Gasteiger partial charge in [0.25, 0.3) is 0 Å². The largest absolute Gasteiger partial charge is 0.348 e. The molecule has 5 nitrogen and oxygen atoms in total. The zero-order valence-electron chi connectivity index (χ0n) is 14.2. The average molecular weight is 322 g/mol. The smallest absolute Gasteiger partial charge is 0.245 e. The van der Waals surface area contributed by atoms with Crippen molar-refractivity contribution >= 4 is 5.91 Å². The summed E-state index contributed by atoms with van der Waals surface area (Å²) in [5.74, 6) is -0.0416. The molecule has 2 heterocycles. The molecule has 1 aromatic carbocycles. The fraction of sp³-hybridized carbons (Fsp3) is 0.263. The summed E-state index contributed by atoms with van der Waals surface area (Å²) in [7, 11) is 0. The first kappa shape index (κ1) is 16.1. The Morgan fingerprint density at radius 1 is 1.12 bits per heavy atom. The molecule has 0 saturated heterocycles. The van der Waals surface area contributed by atoms with Crippen molar-refractivity contribution in [1.82, 2.24) is 19.7 Å². The van der Waals surface area contributed by atoms with E-state index >= 15 is 0 Å². The molecule has 2 atom stereocenters. The van der Waals surface area contributed by atoms with Crippen molar-refractivity contribution in [3.63, 3.8) is 0 Å². The number of aryl methyl sites for hydroxylation is 1. The van der Waals surface area contributed by atoms with E-state index in [-0.39, 0.29) is 18.0 Å². The molecule has 2 unspecified atom stereocenters. The number of rotatable bonds is 5. The van der Waals surface area contributed by atoms with Crippen LogP contribution in [0.25, 0.3) is 5.69 Å². The fourth-order valence-electron chi connectivity index (χ4n) is 2.62. The predicted octanol–water partition coefficient (Wildman–Crippen LogP) is 3.42. The molecule has 3 aromatic rings. The van der Waals surface area contributed by atoms with Gasteiger partial charge in [-0.25, -0.2) is 0 Å². The monoisotopic (exact) mass is 322 g/mol. The van der Waals surface area contributed by atoms with Crippen LogP contribution in [0.3, 0.4) is 0 Å². The SMILES string of the molecule is Cc1cnn(C(C)C(=O)NC(C)c2ccc(-n3cccc3)cc2)c1. The first-order valence-electron chi connectivity index (χ1n) is 8.09. The fourth-order valence-corrected chi connectivity index (χ4v) is 2.62. The van der Waals surface area contributed by atoms with E-state index in [0.29, 0.717) is 0 Å². The second kappa shape index (κ2) is 6.74. The summed E-state index contributed by atoms with van der Waals surface area (Å²) in [6.45, 7) is 5.80. The summed E-state index contributed by atoms with van der Waals surface area (Å²) in [5.41, 5.74) is 3.22. The van der Waals surface area contributed by atoms with Gasteiger partial charge in [-0.2, -0.15) is 5.10 Å². The van der Waals surface area contributed by atoms with E-state index in [2.05, 4.69) is 27.1 Å². The van der Waals surface area contributed by atoms with Gasteiger partial charge in [-0.3, -0.25) is 9.48 Å². The lowest BCUT2D eigenvalue weighted by Crippen LogP contribution is -2.33. The Hall–Kier alpha value is -2.82. The Bertz CT molecular complexity index is 802. The van der Waals surface area contributed by atoms with Crippen LogP contribution in [0.1, 0.15) is 37.1 Å². The number of carbonyl (C=O) groups is 1. The zero-order valence-corrected chi connectivity index (χ0v) is 14.2. The van der Waals surface area contributed by atoms with E-state index < -0.39 is 0 Å². The number of nitrogens with zero attached hydrogens (tertiary/aromatic N) is 3. The highest BCUT2D eigenvalue weighted by atomic mass is 16.2. The van der Waals surface area contributed by atoms with E-state index in [4.69, 9.17) is 0 Å². The van der Waals surface area contributed by atoms with Gasteiger partial charge in [-0.1, -0.05) is 12.1 Å². The van der Waals surface area contributed by atoms with Crippen molar-refractivity contribution in [3.05, 3.63) is 72.3 Å². The Kier molecular flexibility index (Phi) is 4.51. The number of amides is 1.